The molecule has 3 heterocycles. The molecule has 2 saturated carbocycles. The molecule has 258 valence electrons. The van der Waals surface area contributed by atoms with E-state index in [1.807, 2.05) is 25.1 Å². The van der Waals surface area contributed by atoms with Crippen molar-refractivity contribution in [2.75, 3.05) is 13.2 Å². The standard InChI is InChI=1S/C35H43ClN4O8/c1-2-46-29-18-28(24-14-10-15-25(36)30(24)38-29)47-23-17-27-31(41)39-35(33(43)44)19-21(35)11-6-4-3-5-7-16-26(32(42)40(27)20-23)37-34(45)48-22-12-8-9-13-22/h6,10-11,14-15,18,21-23,26-27H,2-5,7-9,12-13,16-17,19-20H2,1H3,(H,37,45)(H,39,41)(H,43,44)/t21-,23-,26+,27+,35-/m1/s1. The first-order chi connectivity index (χ1) is 23.2. The lowest BCUT2D eigenvalue weighted by Gasteiger charge is -2.29. The summed E-state index contributed by atoms with van der Waals surface area (Å²) in [6.07, 6.45) is 9.74. The van der Waals surface area contributed by atoms with Crippen LogP contribution < -0.4 is 20.1 Å². The van der Waals surface area contributed by atoms with Crippen LogP contribution in [0.5, 0.6) is 11.6 Å². The molecule has 12 nitrogen and oxygen atoms in total. The lowest BCUT2D eigenvalue weighted by atomic mass is 10.0. The van der Waals surface area contributed by atoms with Crippen molar-refractivity contribution in [3.05, 3.63) is 41.4 Å². The van der Waals surface area contributed by atoms with Crippen molar-refractivity contribution in [2.24, 2.45) is 5.92 Å². The smallest absolute Gasteiger partial charge is 0.408 e. The van der Waals surface area contributed by atoms with Gasteiger partial charge in [-0.05, 0) is 70.4 Å². The normalized spacial score (nSPS) is 28.1. The Hall–Kier alpha value is -4.06. The number of alkyl carbamates (subject to hydrolysis) is 1. The van der Waals surface area contributed by atoms with Crippen LogP contribution in [0.1, 0.15) is 77.6 Å². The van der Waals surface area contributed by atoms with Gasteiger partial charge in [-0.2, -0.15) is 0 Å². The van der Waals surface area contributed by atoms with Gasteiger partial charge < -0.3 is 34.9 Å². The van der Waals surface area contributed by atoms with Crippen LogP contribution in [0.15, 0.2) is 36.4 Å². The molecule has 48 heavy (non-hydrogen) atoms. The minimum Gasteiger partial charge on any atom is -0.488 e. The maximum Gasteiger partial charge on any atom is 0.408 e. The fraction of sp³-hybridized carbons (Fsp3) is 0.571. The molecule has 0 radical (unpaired) electrons. The van der Waals surface area contributed by atoms with Crippen LogP contribution in [0.4, 0.5) is 4.79 Å². The number of para-hydroxylation sites is 1. The van der Waals surface area contributed by atoms with E-state index in [0.717, 1.165) is 44.9 Å². The van der Waals surface area contributed by atoms with Gasteiger partial charge in [0.25, 0.3) is 0 Å². The van der Waals surface area contributed by atoms with Gasteiger partial charge in [-0.15, -0.1) is 0 Å². The first kappa shape index (κ1) is 33.8. The minimum atomic E-state index is -1.44. The Balaban J connectivity index is 1.30. The number of amides is 3. The molecule has 3 fully saturated rings. The molecule has 2 aromatic rings. The summed E-state index contributed by atoms with van der Waals surface area (Å²) in [6.45, 7) is 2.24. The summed E-state index contributed by atoms with van der Waals surface area (Å²) in [5.41, 5.74) is -0.947. The number of nitrogens with one attached hydrogen (secondary N) is 2. The Labute approximate surface area is 284 Å². The zero-order valence-electron chi connectivity index (χ0n) is 27.1. The van der Waals surface area contributed by atoms with Crippen LogP contribution in [-0.2, 0) is 19.1 Å². The number of ether oxygens (including phenoxy) is 3. The van der Waals surface area contributed by atoms with Crippen molar-refractivity contribution in [2.45, 2.75) is 107 Å². The molecular formula is C35H43ClN4O8. The zero-order chi connectivity index (χ0) is 33.8. The van der Waals surface area contributed by atoms with E-state index in [1.165, 1.54) is 4.90 Å². The molecule has 13 heteroatoms. The van der Waals surface area contributed by atoms with Gasteiger partial charge >= 0.3 is 12.1 Å². The Bertz CT molecular complexity index is 1580. The van der Waals surface area contributed by atoms with Crippen molar-refractivity contribution >= 4 is 46.4 Å². The lowest BCUT2D eigenvalue weighted by Crippen LogP contribution is -2.56. The van der Waals surface area contributed by atoms with Crippen molar-refractivity contribution in [1.29, 1.82) is 0 Å². The monoisotopic (exact) mass is 682 g/mol. The third-order valence-corrected chi connectivity index (χ3v) is 10.1. The summed E-state index contributed by atoms with van der Waals surface area (Å²) < 4.78 is 17.8. The first-order valence-corrected chi connectivity index (χ1v) is 17.4. The summed E-state index contributed by atoms with van der Waals surface area (Å²) in [5, 5.41) is 16.8. The van der Waals surface area contributed by atoms with E-state index >= 15 is 0 Å². The molecule has 0 spiro atoms. The Morgan fingerprint density at radius 3 is 2.69 bits per heavy atom. The average molecular weight is 683 g/mol. The highest BCUT2D eigenvalue weighted by Crippen LogP contribution is 2.45. The Morgan fingerprint density at radius 1 is 1.12 bits per heavy atom. The van der Waals surface area contributed by atoms with Gasteiger partial charge in [-0.25, -0.2) is 14.6 Å². The third kappa shape index (κ3) is 7.33. The van der Waals surface area contributed by atoms with E-state index in [9.17, 15) is 24.3 Å². The molecule has 2 aliphatic carbocycles. The minimum absolute atomic E-state index is 0.0323. The van der Waals surface area contributed by atoms with Gasteiger partial charge in [0, 0.05) is 23.8 Å². The number of allylic oxidation sites excluding steroid dienone is 1. The number of hydrogen-bond acceptors (Lipinski definition) is 8. The molecule has 1 aromatic heterocycles. The van der Waals surface area contributed by atoms with Gasteiger partial charge in [0.05, 0.1) is 23.7 Å². The number of nitrogens with zero attached hydrogens (tertiary/aromatic N) is 2. The van der Waals surface area contributed by atoms with Crippen LogP contribution in [0.25, 0.3) is 10.9 Å². The second-order valence-corrected chi connectivity index (χ2v) is 13.6. The SMILES string of the molecule is CCOc1cc(O[C@@H]2C[C@H]3C(=O)N[C@]4(C(=O)O)C[C@H]4C=CCCCCC[C@H](NC(=O)OC4CCCC4)C(=O)N3C2)c2cccc(Cl)c2n1. The van der Waals surface area contributed by atoms with Gasteiger partial charge in [0.2, 0.25) is 17.7 Å². The second kappa shape index (κ2) is 14.6. The Kier molecular flexibility index (Phi) is 10.3. The number of fused-ring (bicyclic) bond motifs is 3. The number of rotatable bonds is 7. The molecule has 5 atom stereocenters. The molecule has 3 N–H and O–H groups in total. The average Bonchev–Trinajstić information content (AvgIpc) is 3.34. The summed E-state index contributed by atoms with van der Waals surface area (Å²) >= 11 is 6.47. The van der Waals surface area contributed by atoms with Gasteiger partial charge in [0.1, 0.15) is 35.6 Å². The van der Waals surface area contributed by atoms with E-state index in [0.29, 0.717) is 47.0 Å². The molecule has 4 aliphatic rings. The highest BCUT2D eigenvalue weighted by atomic mass is 35.5. The summed E-state index contributed by atoms with van der Waals surface area (Å²) in [6, 6.07) is 5.01. The highest BCUT2D eigenvalue weighted by molar-refractivity contribution is 6.35. The number of carboxylic acids is 1. The number of benzene rings is 1. The summed E-state index contributed by atoms with van der Waals surface area (Å²) in [7, 11) is 0. The lowest BCUT2D eigenvalue weighted by molar-refractivity contribution is -0.145. The van der Waals surface area contributed by atoms with Crippen molar-refractivity contribution < 1.29 is 38.5 Å². The zero-order valence-corrected chi connectivity index (χ0v) is 27.9. The largest absolute Gasteiger partial charge is 0.488 e. The molecule has 6 rings (SSSR count). The van der Waals surface area contributed by atoms with Gasteiger partial charge in [-0.3, -0.25) is 9.59 Å². The number of hydrogen-bond donors (Lipinski definition) is 3. The van der Waals surface area contributed by atoms with E-state index < -0.39 is 47.6 Å². The highest BCUT2D eigenvalue weighted by Gasteiger charge is 2.61. The first-order valence-electron chi connectivity index (χ1n) is 17.1. The fourth-order valence-corrected chi connectivity index (χ4v) is 7.36. The number of aliphatic carboxylic acids is 1. The van der Waals surface area contributed by atoms with Crippen LogP contribution in [0, 0.1) is 5.92 Å². The molecule has 1 saturated heterocycles. The number of pyridine rings is 1. The van der Waals surface area contributed by atoms with Gasteiger partial charge in [0.15, 0.2) is 0 Å². The number of halogens is 1. The van der Waals surface area contributed by atoms with Crippen molar-refractivity contribution in [3.8, 4) is 11.6 Å². The molecule has 0 unspecified atom stereocenters. The topological polar surface area (TPSA) is 156 Å². The van der Waals surface area contributed by atoms with Crippen molar-refractivity contribution in [1.82, 2.24) is 20.5 Å². The van der Waals surface area contributed by atoms with E-state index in [1.54, 1.807) is 18.2 Å². The predicted molar refractivity (Wildman–Crippen MR) is 177 cm³/mol. The molecule has 3 amide bonds. The quantitative estimate of drug-likeness (QED) is 0.336. The van der Waals surface area contributed by atoms with Crippen LogP contribution in [0.3, 0.4) is 0 Å². The van der Waals surface area contributed by atoms with Crippen LogP contribution >= 0.6 is 11.6 Å². The maximum absolute atomic E-state index is 14.3. The summed E-state index contributed by atoms with van der Waals surface area (Å²) in [5.74, 6) is -1.73. The number of carbonyl (C=O) groups is 4. The third-order valence-electron chi connectivity index (χ3n) is 9.80. The maximum atomic E-state index is 14.3. The number of carbonyl (C=O) groups excluding carboxylic acids is 3. The van der Waals surface area contributed by atoms with E-state index in [4.69, 9.17) is 25.8 Å². The Morgan fingerprint density at radius 2 is 1.92 bits per heavy atom. The number of carboxylic acid groups (broad SMARTS) is 1. The second-order valence-electron chi connectivity index (χ2n) is 13.2. The molecule has 2 aliphatic heterocycles. The van der Waals surface area contributed by atoms with Gasteiger partial charge in [-0.1, -0.05) is 42.7 Å². The van der Waals surface area contributed by atoms with E-state index in [-0.39, 0.29) is 31.4 Å². The van der Waals surface area contributed by atoms with Crippen LogP contribution in [0.2, 0.25) is 5.02 Å². The molecule has 1 aromatic carbocycles. The summed E-state index contributed by atoms with van der Waals surface area (Å²) in [4.78, 5) is 59.7. The van der Waals surface area contributed by atoms with E-state index in [2.05, 4.69) is 15.6 Å². The fourth-order valence-electron chi connectivity index (χ4n) is 7.14. The number of aromatic nitrogens is 1. The molecular weight excluding hydrogens is 640 g/mol. The predicted octanol–water partition coefficient (Wildman–Crippen LogP) is 5.15. The van der Waals surface area contributed by atoms with Crippen LogP contribution in [-0.4, -0.2) is 81.8 Å². The molecule has 0 bridgehead atoms. The van der Waals surface area contributed by atoms with Crippen molar-refractivity contribution in [3.63, 3.8) is 0 Å².